The Morgan fingerprint density at radius 1 is 1.16 bits per heavy atom. The van der Waals surface area contributed by atoms with Crippen LogP contribution in [-0.2, 0) is 9.53 Å². The smallest absolute Gasteiger partial charge is 0.408 e. The van der Waals surface area contributed by atoms with Gasteiger partial charge in [-0.2, -0.15) is 8.78 Å². The van der Waals surface area contributed by atoms with Gasteiger partial charge in [-0.25, -0.2) is 9.78 Å². The minimum Gasteiger partial charge on any atom is -0.489 e. The molecule has 1 saturated heterocycles. The van der Waals surface area contributed by atoms with Crippen molar-refractivity contribution >= 4 is 17.9 Å². The van der Waals surface area contributed by atoms with Crippen LogP contribution in [0.15, 0.2) is 22.6 Å². The van der Waals surface area contributed by atoms with Crippen LogP contribution in [0, 0.1) is 11.8 Å². The molecule has 1 unspecified atom stereocenters. The van der Waals surface area contributed by atoms with Gasteiger partial charge in [-0.3, -0.25) is 14.5 Å². The summed E-state index contributed by atoms with van der Waals surface area (Å²) in [6.07, 6.45) is 1.22. The molecule has 2 aliphatic rings. The highest BCUT2D eigenvalue weighted by Crippen LogP contribution is 2.37. The standard InChI is InChI=1S/C31H42F2N5O7/c1-17(2)14-37-11-12-38(21(15-37)26(34)39)28(40)24-25(18(3)35-30(41)45-31(4,5)6)44-27(36-24)20-9-10-22(43-29(32)33)23(13-20)42-16-19-7-8-19/h9-10,13,18-19,21,29H,7-8,11-12,14-16H2,1-6H3,(H2,34,39)(H,35,41)/t18-,21?/m0/s1. The van der Waals surface area contributed by atoms with Gasteiger partial charge in [-0.1, -0.05) is 13.8 Å². The average molecular weight is 635 g/mol. The molecule has 2 aromatic rings. The summed E-state index contributed by atoms with van der Waals surface area (Å²) >= 11 is 0. The minimum absolute atomic E-state index is 0.0117. The summed E-state index contributed by atoms with van der Waals surface area (Å²) in [7, 11) is 0. The number of amides is 3. The number of alkyl halides is 2. The molecule has 14 heteroatoms. The number of carbonyl (C=O) groups excluding carboxylic acids is 3. The predicted molar refractivity (Wildman–Crippen MR) is 160 cm³/mol. The van der Waals surface area contributed by atoms with Crippen LogP contribution in [-0.4, -0.2) is 83.7 Å². The molecular weight excluding hydrogens is 592 g/mol. The zero-order chi connectivity index (χ0) is 33.1. The number of hydrogen-bond donors (Lipinski definition) is 2. The second kappa shape index (κ2) is 14.0. The van der Waals surface area contributed by atoms with Gasteiger partial charge in [0, 0.05) is 31.7 Å². The van der Waals surface area contributed by atoms with Gasteiger partial charge in [0.25, 0.3) is 5.91 Å². The molecular formula is C31H42F2N5O7. The molecule has 2 fully saturated rings. The number of nitrogens with one attached hydrogen (secondary N) is 1. The van der Waals surface area contributed by atoms with E-state index >= 15 is 0 Å². The number of nitrogens with two attached hydrogens (primary N) is 1. The number of oxazole rings is 1. The molecule has 1 aliphatic carbocycles. The van der Waals surface area contributed by atoms with Crippen LogP contribution in [0.1, 0.15) is 76.7 Å². The van der Waals surface area contributed by atoms with Crippen molar-refractivity contribution < 1.29 is 41.8 Å². The molecule has 4 rings (SSSR count). The Morgan fingerprint density at radius 2 is 1.87 bits per heavy atom. The second-order valence-electron chi connectivity index (χ2n) is 12.8. The molecule has 1 aliphatic heterocycles. The number of aromatic nitrogens is 1. The number of benzene rings is 1. The van der Waals surface area contributed by atoms with Gasteiger partial charge in [-0.05, 0) is 70.6 Å². The van der Waals surface area contributed by atoms with Crippen LogP contribution in [0.3, 0.4) is 0 Å². The summed E-state index contributed by atoms with van der Waals surface area (Å²) in [4.78, 5) is 47.1. The van der Waals surface area contributed by atoms with E-state index in [9.17, 15) is 23.2 Å². The van der Waals surface area contributed by atoms with Crippen molar-refractivity contribution in [2.24, 2.45) is 11.7 Å². The lowest BCUT2D eigenvalue weighted by molar-refractivity contribution is -0.124. The van der Waals surface area contributed by atoms with Crippen LogP contribution in [0.2, 0.25) is 0 Å². The fourth-order valence-electron chi connectivity index (χ4n) is 4.94. The Bertz CT molecular complexity index is 1370. The predicted octanol–water partition coefficient (Wildman–Crippen LogP) is 4.54. The highest BCUT2D eigenvalue weighted by Gasteiger charge is 2.38. The maximum absolute atomic E-state index is 14.1. The summed E-state index contributed by atoms with van der Waals surface area (Å²) < 4.78 is 48.1. The van der Waals surface area contributed by atoms with E-state index in [1.165, 1.54) is 23.1 Å². The number of ether oxygens (including phenoxy) is 3. The SMILES string of the molecule is C[C](C)CN1CCN(C(=O)c2nc(-c3ccc(OC(F)F)c(OCC4CC4)c3)oc2[C@H](C)NC(=O)OC(C)(C)C)C(C(N)=O)C1. The number of nitrogens with zero attached hydrogens (tertiary/aromatic N) is 3. The van der Waals surface area contributed by atoms with Gasteiger partial charge in [0.05, 0.1) is 12.6 Å². The lowest BCUT2D eigenvalue weighted by Gasteiger charge is -2.40. The number of carbonyl (C=O) groups is 3. The molecule has 2 heterocycles. The Balaban J connectivity index is 1.70. The second-order valence-corrected chi connectivity index (χ2v) is 12.8. The average Bonchev–Trinajstić information content (AvgIpc) is 3.65. The van der Waals surface area contributed by atoms with E-state index in [2.05, 4.69) is 15.0 Å². The van der Waals surface area contributed by atoms with Crippen molar-refractivity contribution in [1.29, 1.82) is 0 Å². The fraction of sp³-hybridized carbons (Fsp3) is 0.581. The molecule has 0 spiro atoms. The zero-order valence-electron chi connectivity index (χ0n) is 26.5. The third-order valence-electron chi connectivity index (χ3n) is 7.15. The van der Waals surface area contributed by atoms with Gasteiger partial charge in [0.15, 0.2) is 23.0 Å². The summed E-state index contributed by atoms with van der Waals surface area (Å²) in [6, 6.07) is 2.39. The van der Waals surface area contributed by atoms with E-state index < -0.39 is 42.2 Å². The molecule has 12 nitrogen and oxygen atoms in total. The summed E-state index contributed by atoms with van der Waals surface area (Å²) in [5, 5.41) is 2.66. The molecule has 45 heavy (non-hydrogen) atoms. The minimum atomic E-state index is -3.06. The van der Waals surface area contributed by atoms with Crippen LogP contribution in [0.5, 0.6) is 11.5 Å². The first-order valence-electron chi connectivity index (χ1n) is 14.9. The normalized spacial score (nSPS) is 18.2. The number of hydrogen-bond acceptors (Lipinski definition) is 9. The molecule has 3 amide bonds. The van der Waals surface area contributed by atoms with E-state index in [1.807, 2.05) is 18.7 Å². The molecule has 247 valence electrons. The number of alkyl carbamates (subject to hydrolysis) is 1. The molecule has 1 radical (unpaired) electrons. The fourth-order valence-corrected chi connectivity index (χ4v) is 4.94. The molecule has 3 N–H and O–H groups in total. The Morgan fingerprint density at radius 3 is 2.47 bits per heavy atom. The topological polar surface area (TPSA) is 149 Å². The first-order chi connectivity index (χ1) is 21.1. The number of rotatable bonds is 12. The van der Waals surface area contributed by atoms with Gasteiger partial charge < -0.3 is 34.6 Å². The molecule has 1 saturated carbocycles. The lowest BCUT2D eigenvalue weighted by atomic mass is 10.1. The van der Waals surface area contributed by atoms with Gasteiger partial charge in [0.2, 0.25) is 11.8 Å². The van der Waals surface area contributed by atoms with Crippen molar-refractivity contribution in [2.45, 2.75) is 78.7 Å². The highest BCUT2D eigenvalue weighted by molar-refractivity contribution is 5.97. The first-order valence-corrected chi connectivity index (χ1v) is 14.9. The van der Waals surface area contributed by atoms with Crippen molar-refractivity contribution in [3.05, 3.63) is 35.6 Å². The Kier molecular flexibility index (Phi) is 10.6. The quantitative estimate of drug-likeness (QED) is 0.343. The largest absolute Gasteiger partial charge is 0.489 e. The van der Waals surface area contributed by atoms with Crippen molar-refractivity contribution in [1.82, 2.24) is 20.1 Å². The monoisotopic (exact) mass is 634 g/mol. The maximum atomic E-state index is 14.1. The van der Waals surface area contributed by atoms with E-state index in [0.29, 0.717) is 31.2 Å². The third-order valence-corrected chi connectivity index (χ3v) is 7.15. The van der Waals surface area contributed by atoms with E-state index in [4.69, 9.17) is 19.6 Å². The van der Waals surface area contributed by atoms with Crippen molar-refractivity contribution in [2.75, 3.05) is 32.8 Å². The van der Waals surface area contributed by atoms with Crippen LogP contribution < -0.4 is 20.5 Å². The van der Waals surface area contributed by atoms with Crippen molar-refractivity contribution in [3.63, 3.8) is 0 Å². The molecule has 2 atom stereocenters. The van der Waals surface area contributed by atoms with E-state index in [-0.39, 0.29) is 41.9 Å². The van der Waals surface area contributed by atoms with Gasteiger partial charge in [-0.15, -0.1) is 0 Å². The van der Waals surface area contributed by atoms with E-state index in [1.54, 1.807) is 27.7 Å². The van der Waals surface area contributed by atoms with Crippen LogP contribution in [0.25, 0.3) is 11.5 Å². The van der Waals surface area contributed by atoms with Gasteiger partial charge in [0.1, 0.15) is 11.6 Å². The Hall–Kier alpha value is -3.94. The summed E-state index contributed by atoms with van der Waals surface area (Å²) in [5.74, 6) is 0.103. The van der Waals surface area contributed by atoms with Crippen molar-refractivity contribution in [3.8, 4) is 23.0 Å². The number of piperazine rings is 1. The number of halogens is 2. The molecule has 1 aromatic heterocycles. The Labute approximate surface area is 261 Å². The zero-order valence-corrected chi connectivity index (χ0v) is 26.5. The summed E-state index contributed by atoms with van der Waals surface area (Å²) in [5.41, 5.74) is 5.14. The first kappa shape index (κ1) is 33.9. The molecule has 1 aromatic carbocycles. The summed E-state index contributed by atoms with van der Waals surface area (Å²) in [6.45, 7) is 9.56. The van der Waals surface area contributed by atoms with E-state index in [0.717, 1.165) is 18.8 Å². The lowest BCUT2D eigenvalue weighted by Crippen LogP contribution is -2.60. The van der Waals surface area contributed by atoms with Crippen LogP contribution >= 0.6 is 0 Å². The van der Waals surface area contributed by atoms with Gasteiger partial charge >= 0.3 is 12.7 Å². The number of primary amides is 1. The van der Waals surface area contributed by atoms with Crippen LogP contribution in [0.4, 0.5) is 13.6 Å². The third kappa shape index (κ3) is 9.28. The maximum Gasteiger partial charge on any atom is 0.408 e. The highest BCUT2D eigenvalue weighted by atomic mass is 19.3. The molecule has 0 bridgehead atoms.